The van der Waals surface area contributed by atoms with Gasteiger partial charge in [-0.2, -0.15) is 0 Å². The highest BCUT2D eigenvalue weighted by Gasteiger charge is 2.41. The molecule has 50 heavy (non-hydrogen) atoms. The van der Waals surface area contributed by atoms with Crippen LogP contribution in [0.2, 0.25) is 12.1 Å². The molecule has 0 atom stereocenters. The molecule has 0 aliphatic carbocycles. The first kappa shape index (κ1) is 50.6. The molecule has 0 rings (SSSR count). The summed E-state index contributed by atoms with van der Waals surface area (Å²) < 4.78 is 34.9. The van der Waals surface area contributed by atoms with Gasteiger partial charge in [0.2, 0.25) is 0 Å². The van der Waals surface area contributed by atoms with Gasteiger partial charge < -0.3 is 57.2 Å². The predicted molar refractivity (Wildman–Crippen MR) is 180 cm³/mol. The smallest absolute Gasteiger partial charge is 0.478 e. The molecule has 6 N–H and O–H groups in total. The second-order valence-corrected chi connectivity index (χ2v) is 14.7. The molecule has 0 fully saturated rings. The summed E-state index contributed by atoms with van der Waals surface area (Å²) in [4.78, 5) is 62.2. The van der Waals surface area contributed by atoms with Gasteiger partial charge in [0.05, 0.1) is 0 Å². The second kappa shape index (κ2) is 30.1. The van der Waals surface area contributed by atoms with Gasteiger partial charge in [0, 0.05) is 87.2 Å². The summed E-state index contributed by atoms with van der Waals surface area (Å²) in [5.74, 6) is -7.51. The van der Waals surface area contributed by atoms with Gasteiger partial charge in [-0.25, -0.2) is 28.8 Å². The van der Waals surface area contributed by atoms with E-state index < -0.39 is 53.4 Å². The van der Waals surface area contributed by atoms with E-state index in [1.165, 1.54) is 0 Å². The van der Waals surface area contributed by atoms with Crippen molar-refractivity contribution in [3.8, 4) is 0 Å². The van der Waals surface area contributed by atoms with Gasteiger partial charge in [-0.05, 0) is 67.2 Å². The average molecular weight is 757 g/mol. The van der Waals surface area contributed by atoms with Gasteiger partial charge in [0.25, 0.3) is 0 Å². The molecule has 0 spiro atoms. The Morgan fingerprint density at radius 1 is 0.420 bits per heavy atom. The zero-order valence-electron chi connectivity index (χ0n) is 29.4. The van der Waals surface area contributed by atoms with Crippen molar-refractivity contribution in [3.63, 3.8) is 0 Å². The third kappa shape index (κ3) is 26.1. The van der Waals surface area contributed by atoms with Crippen LogP contribution < -0.4 is 0 Å². The first-order valence-electron chi connectivity index (χ1n) is 15.8. The lowest BCUT2D eigenvalue weighted by atomic mass is 10.00. The van der Waals surface area contributed by atoms with Crippen LogP contribution in [0.4, 0.5) is 0 Å². The molecule has 0 saturated carbocycles. The molecule has 0 aromatic rings. The standard InChI is InChI=1S/C22H44O10Si2.2C4H4O4/c1-7-27-33(28-8-2,29-9-3)17-13-15-19(21(23)24)20(22(25)26)16-14-18-34(30-10-4,31-11-5)32-12-6;2*5-3(6)1-2-4(7)8/h7-18H2,1-6H3,(H,23,24)(H,25,26);2*1-2H,(H,5,6)(H,7,8)/b20-19+;2*2-1+. The van der Waals surface area contributed by atoms with Crippen LogP contribution in [0.3, 0.4) is 0 Å². The molecule has 0 heterocycles. The Balaban J connectivity index is -0.00000113. The third-order valence-electron chi connectivity index (χ3n) is 5.62. The summed E-state index contributed by atoms with van der Waals surface area (Å²) in [5, 5.41) is 50.8. The largest absolute Gasteiger partial charge is 0.500 e. The van der Waals surface area contributed by atoms with Gasteiger partial charge in [0.1, 0.15) is 0 Å². The quantitative estimate of drug-likeness (QED) is 0.0544. The topological polar surface area (TPSA) is 279 Å². The number of carboxylic acid groups (broad SMARTS) is 6. The van der Waals surface area contributed by atoms with Crippen molar-refractivity contribution in [2.75, 3.05) is 39.6 Å². The first-order chi connectivity index (χ1) is 23.4. The number of aliphatic carboxylic acids is 6. The van der Waals surface area contributed by atoms with E-state index in [-0.39, 0.29) is 24.0 Å². The lowest BCUT2D eigenvalue weighted by molar-refractivity contribution is -0.136. The molecule has 0 radical (unpaired) electrons. The fourth-order valence-corrected chi connectivity index (χ4v) is 9.25. The van der Waals surface area contributed by atoms with Crippen LogP contribution in [-0.2, 0) is 55.3 Å². The van der Waals surface area contributed by atoms with E-state index in [1.807, 2.05) is 41.5 Å². The Bertz CT molecular complexity index is 983. The van der Waals surface area contributed by atoms with Crippen LogP contribution in [0.5, 0.6) is 0 Å². The SMILES string of the molecule is CCO[Si](CCC/C(C(=O)O)=C(/CCC[Si](OCC)(OCC)OCC)C(=O)O)(OCC)OCC.O=C(O)/C=C/C(=O)O.O=C(O)/C=C/C(=O)O. The van der Waals surface area contributed by atoms with E-state index in [4.69, 9.17) is 47.0 Å². The molecule has 0 aliphatic rings. The molecule has 0 bridgehead atoms. The van der Waals surface area contributed by atoms with E-state index >= 15 is 0 Å². The fourth-order valence-electron chi connectivity index (χ4n) is 4.02. The number of hydrogen-bond acceptors (Lipinski definition) is 12. The normalized spacial score (nSPS) is 12.0. The first-order valence-corrected chi connectivity index (χ1v) is 19.6. The minimum Gasteiger partial charge on any atom is -0.478 e. The maximum absolute atomic E-state index is 12.0. The minimum atomic E-state index is -2.94. The minimum absolute atomic E-state index is 0.0733. The third-order valence-corrected chi connectivity index (χ3v) is 11.9. The van der Waals surface area contributed by atoms with Gasteiger partial charge in [-0.3, -0.25) is 0 Å². The van der Waals surface area contributed by atoms with Crippen LogP contribution in [0.1, 0.15) is 67.2 Å². The number of hydrogen-bond donors (Lipinski definition) is 6. The van der Waals surface area contributed by atoms with Crippen molar-refractivity contribution in [2.24, 2.45) is 0 Å². The Hall–Kier alpha value is -3.77. The van der Waals surface area contributed by atoms with Crippen LogP contribution in [-0.4, -0.2) is 124 Å². The van der Waals surface area contributed by atoms with Crippen LogP contribution in [0, 0.1) is 0 Å². The van der Waals surface area contributed by atoms with Gasteiger partial charge in [-0.1, -0.05) is 0 Å². The summed E-state index contributed by atoms with van der Waals surface area (Å²) in [6, 6.07) is 0.808. The molecule has 288 valence electrons. The van der Waals surface area contributed by atoms with Crippen LogP contribution in [0.25, 0.3) is 0 Å². The Morgan fingerprint density at radius 3 is 0.760 bits per heavy atom. The molecule has 0 aliphatic heterocycles. The highest BCUT2D eigenvalue weighted by molar-refractivity contribution is 6.61. The predicted octanol–water partition coefficient (Wildman–Crippen LogP) is 3.53. The lowest BCUT2D eigenvalue weighted by Crippen LogP contribution is -2.46. The fraction of sp³-hybridized carbons (Fsp3) is 0.600. The lowest BCUT2D eigenvalue weighted by Gasteiger charge is -2.28. The highest BCUT2D eigenvalue weighted by Crippen LogP contribution is 2.26. The van der Waals surface area contributed by atoms with Crippen molar-refractivity contribution in [1.82, 2.24) is 0 Å². The van der Waals surface area contributed by atoms with Gasteiger partial charge in [0.15, 0.2) is 0 Å². The van der Waals surface area contributed by atoms with Crippen molar-refractivity contribution >= 4 is 53.4 Å². The second-order valence-electron chi connectivity index (χ2n) is 9.26. The van der Waals surface area contributed by atoms with Gasteiger partial charge >= 0.3 is 53.4 Å². The van der Waals surface area contributed by atoms with Crippen LogP contribution >= 0.6 is 0 Å². The van der Waals surface area contributed by atoms with Gasteiger partial charge in [-0.15, -0.1) is 0 Å². The van der Waals surface area contributed by atoms with E-state index in [0.29, 0.717) is 88.9 Å². The van der Waals surface area contributed by atoms with E-state index in [1.54, 1.807) is 0 Å². The molecule has 0 aromatic heterocycles. The summed E-state index contributed by atoms with van der Waals surface area (Å²) in [6.45, 7) is 13.6. The molecular formula is C30H52O18Si2. The van der Waals surface area contributed by atoms with E-state index in [0.717, 1.165) is 0 Å². The highest BCUT2D eigenvalue weighted by atomic mass is 28.4. The Morgan fingerprint density at radius 2 is 0.620 bits per heavy atom. The van der Waals surface area contributed by atoms with E-state index in [9.17, 15) is 39.0 Å². The van der Waals surface area contributed by atoms with Crippen molar-refractivity contribution in [2.45, 2.75) is 79.3 Å². The van der Waals surface area contributed by atoms with E-state index in [2.05, 4.69) is 0 Å². The Kier molecular flexibility index (Phi) is 30.5. The average Bonchev–Trinajstić information content (AvgIpc) is 3.01. The number of rotatable bonds is 26. The molecular weight excluding hydrogens is 704 g/mol. The van der Waals surface area contributed by atoms with Crippen LogP contribution in [0.15, 0.2) is 35.5 Å². The monoisotopic (exact) mass is 756 g/mol. The van der Waals surface area contributed by atoms with Crippen molar-refractivity contribution in [3.05, 3.63) is 35.5 Å². The molecule has 0 aromatic carbocycles. The zero-order chi connectivity index (χ0) is 39.2. The maximum Gasteiger partial charge on any atom is 0.500 e. The summed E-state index contributed by atoms with van der Waals surface area (Å²) in [5.41, 5.74) is -0.229. The number of carbonyl (C=O) groups is 6. The summed E-state index contributed by atoms with van der Waals surface area (Å²) in [6.07, 6.45) is 3.13. The summed E-state index contributed by atoms with van der Waals surface area (Å²) in [7, 11) is -5.89. The molecule has 18 nitrogen and oxygen atoms in total. The zero-order valence-corrected chi connectivity index (χ0v) is 31.4. The molecule has 0 saturated heterocycles. The van der Waals surface area contributed by atoms with Crippen molar-refractivity contribution in [1.29, 1.82) is 0 Å². The summed E-state index contributed by atoms with van der Waals surface area (Å²) >= 11 is 0. The number of carboxylic acids is 6. The molecule has 20 heteroatoms. The maximum atomic E-state index is 12.0. The Labute approximate surface area is 293 Å². The molecule has 0 amide bonds. The molecule has 0 unspecified atom stereocenters. The van der Waals surface area contributed by atoms with Crippen molar-refractivity contribution < 1.29 is 86.0 Å².